The fourth-order valence-corrected chi connectivity index (χ4v) is 2.98. The van der Waals surface area contributed by atoms with Crippen LogP contribution in [0.15, 0.2) is 30.5 Å². The van der Waals surface area contributed by atoms with Gasteiger partial charge in [-0.15, -0.1) is 0 Å². The van der Waals surface area contributed by atoms with Crippen LogP contribution in [0.25, 0.3) is 10.9 Å². The Balaban J connectivity index is 2.04. The van der Waals surface area contributed by atoms with Gasteiger partial charge in [-0.1, -0.05) is 11.6 Å². The van der Waals surface area contributed by atoms with Crippen LogP contribution in [0.3, 0.4) is 0 Å². The van der Waals surface area contributed by atoms with Crippen molar-refractivity contribution in [2.24, 2.45) is 0 Å². The molecule has 19 heavy (non-hydrogen) atoms. The van der Waals surface area contributed by atoms with Crippen LogP contribution in [0.1, 0.15) is 13.8 Å². The number of ether oxygens (including phenoxy) is 1. The normalized spacial score (nSPS) is 23.8. The minimum absolute atomic E-state index is 0.260. The smallest absolute Gasteiger partial charge is 0.214 e. The van der Waals surface area contributed by atoms with E-state index < -0.39 is 0 Å². The summed E-state index contributed by atoms with van der Waals surface area (Å²) in [5.41, 5.74) is 2.31. The Labute approximate surface area is 118 Å². The van der Waals surface area contributed by atoms with E-state index in [1.807, 2.05) is 18.3 Å². The van der Waals surface area contributed by atoms with E-state index in [9.17, 15) is 0 Å². The lowest BCUT2D eigenvalue weighted by Crippen LogP contribution is -2.45. The highest BCUT2D eigenvalue weighted by molar-refractivity contribution is 6.31. The third-order valence-electron chi connectivity index (χ3n) is 3.50. The number of nitrogens with zero attached hydrogens (tertiary/aromatic N) is 1. The highest BCUT2D eigenvalue weighted by Gasteiger charge is 2.24. The molecule has 3 nitrogen and oxygen atoms in total. The van der Waals surface area contributed by atoms with Crippen LogP contribution in [-0.2, 0) is 4.74 Å². The predicted molar refractivity (Wildman–Crippen MR) is 77.7 cm³/mol. The van der Waals surface area contributed by atoms with Gasteiger partial charge in [0.2, 0.25) is 5.52 Å². The maximum Gasteiger partial charge on any atom is 0.214 e. The molecule has 1 aliphatic heterocycles. The zero-order valence-electron chi connectivity index (χ0n) is 11.2. The summed E-state index contributed by atoms with van der Waals surface area (Å²) in [6, 6.07) is 8.11. The van der Waals surface area contributed by atoms with Crippen LogP contribution in [-0.4, -0.2) is 25.3 Å². The van der Waals surface area contributed by atoms with E-state index >= 15 is 0 Å². The Bertz CT molecular complexity index is 592. The van der Waals surface area contributed by atoms with Gasteiger partial charge in [-0.05, 0) is 26.0 Å². The highest BCUT2D eigenvalue weighted by atomic mass is 35.5. The number of aromatic amines is 1. The maximum absolute atomic E-state index is 6.05. The van der Waals surface area contributed by atoms with Crippen molar-refractivity contribution in [1.29, 1.82) is 0 Å². The fraction of sp³-hybridized carbons (Fsp3) is 0.400. The number of aromatic nitrogens is 1. The second-order valence-corrected chi connectivity index (χ2v) is 5.65. The first-order valence-corrected chi connectivity index (χ1v) is 7.01. The molecule has 3 rings (SSSR count). The summed E-state index contributed by atoms with van der Waals surface area (Å²) in [6.45, 7) is 6.09. The molecule has 0 radical (unpaired) electrons. The molecule has 0 amide bonds. The van der Waals surface area contributed by atoms with Crippen molar-refractivity contribution in [2.75, 3.05) is 18.0 Å². The first-order chi connectivity index (χ1) is 9.13. The van der Waals surface area contributed by atoms with Gasteiger partial charge in [0.25, 0.3) is 0 Å². The second kappa shape index (κ2) is 4.99. The average molecular weight is 278 g/mol. The lowest BCUT2D eigenvalue weighted by Gasteiger charge is -2.36. The molecule has 1 N–H and O–H groups in total. The Morgan fingerprint density at radius 3 is 2.68 bits per heavy atom. The van der Waals surface area contributed by atoms with E-state index in [4.69, 9.17) is 16.3 Å². The lowest BCUT2D eigenvalue weighted by molar-refractivity contribution is -0.344. The van der Waals surface area contributed by atoms with Crippen molar-refractivity contribution in [3.05, 3.63) is 35.5 Å². The molecule has 1 aromatic carbocycles. The molecule has 4 heteroatoms. The van der Waals surface area contributed by atoms with Gasteiger partial charge in [0.15, 0.2) is 6.20 Å². The summed E-state index contributed by atoms with van der Waals surface area (Å²) < 4.78 is 5.80. The molecule has 2 aromatic rings. The molecule has 0 spiro atoms. The van der Waals surface area contributed by atoms with Gasteiger partial charge >= 0.3 is 0 Å². The van der Waals surface area contributed by atoms with E-state index in [0.29, 0.717) is 0 Å². The summed E-state index contributed by atoms with van der Waals surface area (Å²) >= 11 is 6.05. The highest BCUT2D eigenvalue weighted by Crippen LogP contribution is 2.28. The predicted octanol–water partition coefficient (Wildman–Crippen LogP) is 2.92. The number of halogens is 1. The molecule has 1 aromatic heterocycles. The number of rotatable bonds is 1. The second-order valence-electron chi connectivity index (χ2n) is 5.22. The molecular weight excluding hydrogens is 260 g/mol. The number of morpholine rings is 1. The Hall–Kier alpha value is -1.32. The quantitative estimate of drug-likeness (QED) is 0.801. The summed E-state index contributed by atoms with van der Waals surface area (Å²) in [4.78, 5) is 5.64. The first-order valence-electron chi connectivity index (χ1n) is 6.64. The van der Waals surface area contributed by atoms with Crippen molar-refractivity contribution in [3.63, 3.8) is 0 Å². The molecule has 1 fully saturated rings. The van der Waals surface area contributed by atoms with Crippen LogP contribution in [0.2, 0.25) is 5.02 Å². The van der Waals surface area contributed by atoms with E-state index in [2.05, 4.69) is 35.9 Å². The minimum atomic E-state index is 0.260. The first kappa shape index (κ1) is 12.7. The van der Waals surface area contributed by atoms with Crippen molar-refractivity contribution < 1.29 is 9.72 Å². The molecule has 1 aliphatic rings. The Morgan fingerprint density at radius 1 is 1.21 bits per heavy atom. The molecule has 0 bridgehead atoms. The van der Waals surface area contributed by atoms with Gasteiger partial charge < -0.3 is 9.64 Å². The van der Waals surface area contributed by atoms with E-state index in [1.165, 1.54) is 11.1 Å². The molecule has 2 heterocycles. The number of hydrogen-bond donors (Lipinski definition) is 0. The maximum atomic E-state index is 6.05. The fourth-order valence-electron chi connectivity index (χ4n) is 2.81. The average Bonchev–Trinajstić information content (AvgIpc) is 2.36. The molecule has 0 unspecified atom stereocenters. The molecule has 1 saturated heterocycles. The van der Waals surface area contributed by atoms with Crippen molar-refractivity contribution in [1.82, 2.24) is 0 Å². The largest absolute Gasteiger partial charge is 0.372 e. The summed E-state index contributed by atoms with van der Waals surface area (Å²) in [5, 5.41) is 1.96. The summed E-state index contributed by atoms with van der Waals surface area (Å²) in [7, 11) is 0. The third kappa shape index (κ3) is 2.53. The van der Waals surface area contributed by atoms with Crippen molar-refractivity contribution in [3.8, 4) is 0 Å². The number of nitrogens with one attached hydrogen (secondary N) is 1. The van der Waals surface area contributed by atoms with Gasteiger partial charge in [-0.25, -0.2) is 4.98 Å². The van der Waals surface area contributed by atoms with Crippen LogP contribution in [0.4, 0.5) is 5.69 Å². The molecule has 0 saturated carbocycles. The number of hydrogen-bond acceptors (Lipinski definition) is 2. The van der Waals surface area contributed by atoms with E-state index in [0.717, 1.165) is 23.6 Å². The number of fused-ring (bicyclic) bond motifs is 1. The van der Waals surface area contributed by atoms with Crippen LogP contribution in [0, 0.1) is 0 Å². The third-order valence-corrected chi connectivity index (χ3v) is 3.73. The number of pyridine rings is 1. The van der Waals surface area contributed by atoms with Gasteiger partial charge in [0.05, 0.1) is 23.3 Å². The zero-order valence-corrected chi connectivity index (χ0v) is 11.9. The number of H-pyrrole nitrogens is 1. The minimum Gasteiger partial charge on any atom is -0.372 e. The number of benzene rings is 1. The van der Waals surface area contributed by atoms with E-state index in [-0.39, 0.29) is 12.2 Å². The van der Waals surface area contributed by atoms with Crippen LogP contribution in [0.5, 0.6) is 0 Å². The monoisotopic (exact) mass is 277 g/mol. The zero-order chi connectivity index (χ0) is 13.4. The van der Waals surface area contributed by atoms with Crippen LogP contribution < -0.4 is 9.88 Å². The Kier molecular flexibility index (Phi) is 3.33. The molecular formula is C15H18ClN2O+. The SMILES string of the molecule is C[C@@H]1CN(c2cc[nH+]c3cc(Cl)ccc23)C[C@@H](C)O1. The topological polar surface area (TPSA) is 26.6 Å². The molecule has 0 aliphatic carbocycles. The molecule has 2 atom stereocenters. The van der Waals surface area contributed by atoms with Gasteiger partial charge in [0, 0.05) is 30.2 Å². The van der Waals surface area contributed by atoms with Crippen molar-refractivity contribution in [2.45, 2.75) is 26.1 Å². The van der Waals surface area contributed by atoms with E-state index in [1.54, 1.807) is 0 Å². The van der Waals surface area contributed by atoms with Gasteiger partial charge in [-0.2, -0.15) is 0 Å². The standard InChI is InChI=1S/C15H17ClN2O/c1-10-8-18(9-11(2)19-10)15-5-6-17-14-7-12(16)3-4-13(14)15/h3-7,10-11H,8-9H2,1-2H3/p+1/t10-,11-/m1/s1. The number of anilines is 1. The summed E-state index contributed by atoms with van der Waals surface area (Å²) in [6.07, 6.45) is 2.49. The summed E-state index contributed by atoms with van der Waals surface area (Å²) in [5.74, 6) is 0. The van der Waals surface area contributed by atoms with Crippen molar-refractivity contribution >= 4 is 28.2 Å². The molecule has 100 valence electrons. The van der Waals surface area contributed by atoms with Crippen LogP contribution >= 0.6 is 11.6 Å². The van der Waals surface area contributed by atoms with Gasteiger partial charge in [-0.3, -0.25) is 0 Å². The lowest BCUT2D eigenvalue weighted by atomic mass is 10.1. The van der Waals surface area contributed by atoms with Gasteiger partial charge in [0.1, 0.15) is 0 Å². The Morgan fingerprint density at radius 2 is 1.95 bits per heavy atom.